The van der Waals surface area contributed by atoms with Gasteiger partial charge in [0.25, 0.3) is 0 Å². The van der Waals surface area contributed by atoms with E-state index >= 15 is 0 Å². The summed E-state index contributed by atoms with van der Waals surface area (Å²) in [5, 5.41) is 21.1. The van der Waals surface area contributed by atoms with Crippen LogP contribution >= 0.6 is 0 Å². The van der Waals surface area contributed by atoms with E-state index in [0.29, 0.717) is 13.0 Å². The second-order valence-electron chi connectivity index (χ2n) is 2.41. The maximum atomic E-state index is 9.36. The van der Waals surface area contributed by atoms with Crippen LogP contribution in [-0.2, 0) is 0 Å². The number of β-amino-alcohol motifs (C(OH)–C–C–N with tert-alkyl or cyclic N) is 1. The molecule has 0 saturated carbocycles. The third-order valence-corrected chi connectivity index (χ3v) is 1.67. The monoisotopic (exact) mass is 129 g/mol. The van der Waals surface area contributed by atoms with Crippen molar-refractivity contribution >= 4 is 0 Å². The van der Waals surface area contributed by atoms with Crippen molar-refractivity contribution in [2.24, 2.45) is 0 Å². The predicted molar refractivity (Wildman–Crippen MR) is 34.2 cm³/mol. The Morgan fingerprint density at radius 3 is 2.56 bits per heavy atom. The van der Waals surface area contributed by atoms with E-state index in [2.05, 4.69) is 11.9 Å². The molecule has 1 fully saturated rings. The SMILES string of the molecule is C=C(O)C1(O)CCNC1. The minimum absolute atomic E-state index is 0.132. The number of rotatable bonds is 1. The van der Waals surface area contributed by atoms with Crippen molar-refractivity contribution in [2.45, 2.75) is 12.0 Å². The Morgan fingerprint density at radius 2 is 2.33 bits per heavy atom. The topological polar surface area (TPSA) is 52.5 Å². The molecule has 1 unspecified atom stereocenters. The van der Waals surface area contributed by atoms with E-state index in [9.17, 15) is 5.11 Å². The standard InChI is InChI=1S/C6H11NO2/c1-5(8)6(9)2-3-7-4-6/h7-9H,1-4H2. The van der Waals surface area contributed by atoms with Gasteiger partial charge in [0, 0.05) is 6.54 Å². The van der Waals surface area contributed by atoms with Crippen molar-refractivity contribution < 1.29 is 10.2 Å². The van der Waals surface area contributed by atoms with Gasteiger partial charge in [-0.2, -0.15) is 0 Å². The summed E-state index contributed by atoms with van der Waals surface area (Å²) >= 11 is 0. The molecule has 9 heavy (non-hydrogen) atoms. The van der Waals surface area contributed by atoms with Gasteiger partial charge in [-0.3, -0.25) is 0 Å². The average molecular weight is 129 g/mol. The molecule has 1 rings (SSSR count). The van der Waals surface area contributed by atoms with Gasteiger partial charge in [-0.1, -0.05) is 6.58 Å². The Hall–Kier alpha value is -0.540. The first-order valence-electron chi connectivity index (χ1n) is 2.96. The quantitative estimate of drug-likeness (QED) is 0.429. The van der Waals surface area contributed by atoms with Gasteiger partial charge in [-0.25, -0.2) is 0 Å². The Bertz CT molecular complexity index is 127. The molecule has 3 N–H and O–H groups in total. The van der Waals surface area contributed by atoms with E-state index in [1.165, 1.54) is 0 Å². The summed E-state index contributed by atoms with van der Waals surface area (Å²) < 4.78 is 0. The summed E-state index contributed by atoms with van der Waals surface area (Å²) in [6.07, 6.45) is 0.558. The lowest BCUT2D eigenvalue weighted by Crippen LogP contribution is -2.32. The highest BCUT2D eigenvalue weighted by atomic mass is 16.3. The maximum Gasteiger partial charge on any atom is 0.134 e. The van der Waals surface area contributed by atoms with Crippen LogP contribution < -0.4 is 5.32 Å². The van der Waals surface area contributed by atoms with Crippen LogP contribution in [0.5, 0.6) is 0 Å². The second-order valence-corrected chi connectivity index (χ2v) is 2.41. The molecular weight excluding hydrogens is 118 g/mol. The summed E-state index contributed by atoms with van der Waals surface area (Å²) in [5.41, 5.74) is -1.06. The second kappa shape index (κ2) is 2.01. The molecule has 1 heterocycles. The molecule has 3 nitrogen and oxygen atoms in total. The molecule has 0 aromatic carbocycles. The van der Waals surface area contributed by atoms with E-state index in [0.717, 1.165) is 6.54 Å². The minimum atomic E-state index is -1.06. The Morgan fingerprint density at radius 1 is 1.67 bits per heavy atom. The molecule has 1 atom stereocenters. The van der Waals surface area contributed by atoms with Crippen LogP contribution in [-0.4, -0.2) is 28.9 Å². The lowest BCUT2D eigenvalue weighted by Gasteiger charge is -2.18. The van der Waals surface area contributed by atoms with E-state index in [1.54, 1.807) is 0 Å². The maximum absolute atomic E-state index is 9.36. The van der Waals surface area contributed by atoms with Crippen LogP contribution in [0.2, 0.25) is 0 Å². The molecule has 3 heteroatoms. The summed E-state index contributed by atoms with van der Waals surface area (Å²) in [4.78, 5) is 0. The highest BCUT2D eigenvalue weighted by Crippen LogP contribution is 2.19. The normalized spacial score (nSPS) is 34.8. The van der Waals surface area contributed by atoms with Crippen molar-refractivity contribution in [3.05, 3.63) is 12.3 Å². The molecule has 0 bridgehead atoms. The first kappa shape index (κ1) is 6.58. The van der Waals surface area contributed by atoms with Crippen molar-refractivity contribution in [2.75, 3.05) is 13.1 Å². The van der Waals surface area contributed by atoms with E-state index < -0.39 is 5.60 Å². The molecule has 1 saturated heterocycles. The van der Waals surface area contributed by atoms with E-state index in [-0.39, 0.29) is 5.76 Å². The van der Waals surface area contributed by atoms with Gasteiger partial charge in [0.05, 0.1) is 0 Å². The minimum Gasteiger partial charge on any atom is -0.510 e. The van der Waals surface area contributed by atoms with Crippen LogP contribution in [0.15, 0.2) is 12.3 Å². The zero-order valence-electron chi connectivity index (χ0n) is 5.22. The van der Waals surface area contributed by atoms with Gasteiger partial charge in [0.1, 0.15) is 11.4 Å². The molecule has 0 aromatic rings. The predicted octanol–water partition coefficient (Wildman–Crippen LogP) is -0.218. The zero-order chi connectivity index (χ0) is 6.91. The van der Waals surface area contributed by atoms with Crippen molar-refractivity contribution in [3.8, 4) is 0 Å². The fourth-order valence-electron chi connectivity index (χ4n) is 0.925. The van der Waals surface area contributed by atoms with Crippen LogP contribution in [0, 0.1) is 0 Å². The third-order valence-electron chi connectivity index (χ3n) is 1.67. The van der Waals surface area contributed by atoms with Crippen LogP contribution in [0.25, 0.3) is 0 Å². The van der Waals surface area contributed by atoms with Crippen molar-refractivity contribution in [1.29, 1.82) is 0 Å². The van der Waals surface area contributed by atoms with Crippen molar-refractivity contribution in [1.82, 2.24) is 5.32 Å². The molecule has 0 radical (unpaired) electrons. The van der Waals surface area contributed by atoms with Gasteiger partial charge in [-0.15, -0.1) is 0 Å². The molecule has 0 spiro atoms. The Kier molecular flexibility index (Phi) is 1.47. The number of hydrogen-bond acceptors (Lipinski definition) is 3. The van der Waals surface area contributed by atoms with Crippen LogP contribution in [0.3, 0.4) is 0 Å². The Labute approximate surface area is 54.0 Å². The van der Waals surface area contributed by atoms with Crippen molar-refractivity contribution in [3.63, 3.8) is 0 Å². The summed E-state index contributed by atoms with van der Waals surface area (Å²) in [5.74, 6) is -0.132. The number of hydrogen-bond donors (Lipinski definition) is 3. The van der Waals surface area contributed by atoms with E-state index in [4.69, 9.17) is 5.11 Å². The first-order valence-corrected chi connectivity index (χ1v) is 2.96. The first-order chi connectivity index (χ1) is 4.15. The van der Waals surface area contributed by atoms with Gasteiger partial charge < -0.3 is 15.5 Å². The van der Waals surface area contributed by atoms with Gasteiger partial charge in [-0.05, 0) is 13.0 Å². The van der Waals surface area contributed by atoms with Gasteiger partial charge in [0.15, 0.2) is 0 Å². The van der Waals surface area contributed by atoms with E-state index in [1.807, 2.05) is 0 Å². The number of aliphatic hydroxyl groups excluding tert-OH is 1. The summed E-state index contributed by atoms with van der Waals surface area (Å²) in [6.45, 7) is 4.44. The van der Waals surface area contributed by atoms with Gasteiger partial charge >= 0.3 is 0 Å². The zero-order valence-corrected chi connectivity index (χ0v) is 5.22. The fraction of sp³-hybridized carbons (Fsp3) is 0.667. The molecular formula is C6H11NO2. The van der Waals surface area contributed by atoms with Crippen LogP contribution in [0.4, 0.5) is 0 Å². The lowest BCUT2D eigenvalue weighted by atomic mass is 10.0. The molecule has 0 aromatic heterocycles. The molecule has 52 valence electrons. The summed E-state index contributed by atoms with van der Waals surface area (Å²) in [7, 11) is 0. The molecule has 1 aliphatic rings. The summed E-state index contributed by atoms with van der Waals surface area (Å²) in [6, 6.07) is 0. The van der Waals surface area contributed by atoms with Crippen LogP contribution in [0.1, 0.15) is 6.42 Å². The molecule has 0 amide bonds. The highest BCUT2D eigenvalue weighted by molar-refractivity contribution is 5.07. The number of nitrogens with one attached hydrogen (secondary N) is 1. The van der Waals surface area contributed by atoms with Gasteiger partial charge in [0.2, 0.25) is 0 Å². The fourth-order valence-corrected chi connectivity index (χ4v) is 0.925. The lowest BCUT2D eigenvalue weighted by molar-refractivity contribution is 0.0553. The Balaban J connectivity index is 2.61. The molecule has 1 aliphatic heterocycles. The highest BCUT2D eigenvalue weighted by Gasteiger charge is 2.33. The number of aliphatic hydroxyl groups is 2. The average Bonchev–Trinajstić information content (AvgIpc) is 2.16. The largest absolute Gasteiger partial charge is 0.510 e. The smallest absolute Gasteiger partial charge is 0.134 e. The molecule has 0 aliphatic carbocycles. The third kappa shape index (κ3) is 1.06.